The van der Waals surface area contributed by atoms with Gasteiger partial charge in [0.05, 0.1) is 11.1 Å². The zero-order chi connectivity index (χ0) is 26.3. The Morgan fingerprint density at radius 3 is 2.31 bits per heavy atom. The third kappa shape index (κ3) is 5.64. The van der Waals surface area contributed by atoms with Gasteiger partial charge in [-0.15, -0.1) is 11.3 Å². The Bertz CT molecular complexity index is 1290. The second-order valence-electron chi connectivity index (χ2n) is 10.4. The first-order valence-corrected chi connectivity index (χ1v) is 12.7. The molecule has 0 spiro atoms. The molecule has 1 aromatic heterocycles. The van der Waals surface area contributed by atoms with Gasteiger partial charge in [0.2, 0.25) is 0 Å². The lowest BCUT2D eigenvalue weighted by molar-refractivity contribution is -0.137. The second kappa shape index (κ2) is 9.73. The highest BCUT2D eigenvalue weighted by Gasteiger charge is 2.35. The summed E-state index contributed by atoms with van der Waals surface area (Å²) in [5.41, 5.74) is 1.98. The van der Waals surface area contributed by atoms with Crippen LogP contribution in [0.15, 0.2) is 48.5 Å². The minimum Gasteiger partial charge on any atom is -0.322 e. The molecule has 4 nitrogen and oxygen atoms in total. The monoisotopic (exact) mass is 514 g/mol. The number of aryl methyl sites for hydroxylation is 1. The maximum atomic E-state index is 13.4. The van der Waals surface area contributed by atoms with Crippen LogP contribution in [0.2, 0.25) is 0 Å². The van der Waals surface area contributed by atoms with E-state index in [0.717, 1.165) is 41.0 Å². The highest BCUT2D eigenvalue weighted by molar-refractivity contribution is 7.17. The van der Waals surface area contributed by atoms with Gasteiger partial charge in [0.15, 0.2) is 0 Å². The maximum absolute atomic E-state index is 13.4. The molecular formula is C28H29F3N2O2S. The van der Waals surface area contributed by atoms with Crippen molar-refractivity contribution in [1.82, 2.24) is 0 Å². The number of halogens is 3. The summed E-state index contributed by atoms with van der Waals surface area (Å²) in [5, 5.41) is 5.94. The molecule has 8 heteroatoms. The van der Waals surface area contributed by atoms with E-state index in [1.165, 1.54) is 23.5 Å². The van der Waals surface area contributed by atoms with Crippen molar-refractivity contribution in [2.24, 2.45) is 11.3 Å². The quantitative estimate of drug-likeness (QED) is 0.374. The smallest absolute Gasteiger partial charge is 0.322 e. The van der Waals surface area contributed by atoms with E-state index in [4.69, 9.17) is 0 Å². The number of carbonyl (C=O) groups excluding carboxylic acids is 2. The molecule has 1 heterocycles. The first-order chi connectivity index (χ1) is 16.8. The Morgan fingerprint density at radius 2 is 1.67 bits per heavy atom. The van der Waals surface area contributed by atoms with Crippen LogP contribution in [-0.4, -0.2) is 11.8 Å². The lowest BCUT2D eigenvalue weighted by Gasteiger charge is -2.33. The summed E-state index contributed by atoms with van der Waals surface area (Å²) in [7, 11) is 0. The van der Waals surface area contributed by atoms with Gasteiger partial charge in [-0.25, -0.2) is 0 Å². The number of carbonyl (C=O) groups is 2. The fraction of sp³-hybridized carbons (Fsp3) is 0.357. The van der Waals surface area contributed by atoms with E-state index in [1.54, 1.807) is 12.1 Å². The maximum Gasteiger partial charge on any atom is 0.416 e. The third-order valence-electron chi connectivity index (χ3n) is 6.71. The largest absolute Gasteiger partial charge is 0.416 e. The van der Waals surface area contributed by atoms with Crippen LogP contribution in [0.1, 0.15) is 69.5 Å². The molecule has 0 radical (unpaired) electrons. The average molecular weight is 515 g/mol. The molecule has 0 saturated carbocycles. The molecule has 2 aromatic carbocycles. The topological polar surface area (TPSA) is 58.2 Å². The molecule has 1 atom stereocenters. The van der Waals surface area contributed by atoms with Crippen LogP contribution in [0.25, 0.3) is 0 Å². The molecule has 1 aliphatic carbocycles. The molecule has 0 fully saturated rings. The van der Waals surface area contributed by atoms with Gasteiger partial charge in [0, 0.05) is 16.1 Å². The summed E-state index contributed by atoms with van der Waals surface area (Å²) in [6, 6.07) is 11.7. The van der Waals surface area contributed by atoms with Gasteiger partial charge in [-0.3, -0.25) is 9.59 Å². The van der Waals surface area contributed by atoms with Crippen molar-refractivity contribution in [2.45, 2.75) is 53.1 Å². The Balaban J connectivity index is 1.68. The first-order valence-electron chi connectivity index (χ1n) is 11.8. The molecule has 3 aromatic rings. The zero-order valence-corrected chi connectivity index (χ0v) is 21.5. The summed E-state index contributed by atoms with van der Waals surface area (Å²) in [6.07, 6.45) is -2.17. The summed E-state index contributed by atoms with van der Waals surface area (Å²) in [6.45, 7) is 8.50. The van der Waals surface area contributed by atoms with Gasteiger partial charge in [-0.1, -0.05) is 44.5 Å². The predicted octanol–water partition coefficient (Wildman–Crippen LogP) is 7.73. The number of alkyl halides is 3. The summed E-state index contributed by atoms with van der Waals surface area (Å²) in [4.78, 5) is 27.5. The number of hydrogen-bond donors (Lipinski definition) is 2. The molecule has 0 saturated heterocycles. The van der Waals surface area contributed by atoms with Crippen LogP contribution >= 0.6 is 11.3 Å². The van der Waals surface area contributed by atoms with Gasteiger partial charge >= 0.3 is 6.18 Å². The van der Waals surface area contributed by atoms with E-state index >= 15 is 0 Å². The number of hydrogen-bond acceptors (Lipinski definition) is 3. The Morgan fingerprint density at radius 1 is 0.972 bits per heavy atom. The molecule has 190 valence electrons. The third-order valence-corrected chi connectivity index (χ3v) is 7.88. The second-order valence-corrected chi connectivity index (χ2v) is 11.5. The van der Waals surface area contributed by atoms with Crippen LogP contribution in [-0.2, 0) is 19.0 Å². The van der Waals surface area contributed by atoms with Crippen molar-refractivity contribution in [3.8, 4) is 0 Å². The lowest BCUT2D eigenvalue weighted by Crippen LogP contribution is -2.27. The molecular weight excluding hydrogens is 485 g/mol. The predicted molar refractivity (Wildman–Crippen MR) is 138 cm³/mol. The summed E-state index contributed by atoms with van der Waals surface area (Å²) in [5.74, 6) is -0.446. The standard InChI is InChI=1S/C28H29F3N2O2S/c1-16-8-10-17(11-9-16)24(34)33-26-23(21-13-12-18(27(2,3)4)15-22(21)36-26)25(35)32-20-7-5-6-19(14-20)28(29,30)31/h5-11,14,18H,12-13,15H2,1-4H3,(H,32,35)(H,33,34). The number of fused-ring (bicyclic) bond motifs is 1. The minimum absolute atomic E-state index is 0.0500. The highest BCUT2D eigenvalue weighted by Crippen LogP contribution is 2.44. The molecule has 2 N–H and O–H groups in total. The van der Waals surface area contributed by atoms with Gasteiger partial charge in [0.1, 0.15) is 5.00 Å². The average Bonchev–Trinajstić information content (AvgIpc) is 3.15. The van der Waals surface area contributed by atoms with Crippen molar-refractivity contribution in [2.75, 3.05) is 10.6 Å². The van der Waals surface area contributed by atoms with E-state index in [1.807, 2.05) is 19.1 Å². The SMILES string of the molecule is Cc1ccc(C(=O)Nc2sc3c(c2C(=O)Nc2cccc(C(F)(F)F)c2)CCC(C(C)(C)C)C3)cc1. The number of nitrogens with one attached hydrogen (secondary N) is 2. The molecule has 4 rings (SSSR count). The molecule has 1 unspecified atom stereocenters. The number of thiophene rings is 1. The van der Waals surface area contributed by atoms with Gasteiger partial charge < -0.3 is 10.6 Å². The normalized spacial score (nSPS) is 15.8. The molecule has 0 aliphatic heterocycles. The van der Waals surface area contributed by atoms with Crippen LogP contribution < -0.4 is 10.6 Å². The highest BCUT2D eigenvalue weighted by atomic mass is 32.1. The Hall–Kier alpha value is -3.13. The van der Waals surface area contributed by atoms with E-state index in [0.29, 0.717) is 28.5 Å². The molecule has 0 bridgehead atoms. The van der Waals surface area contributed by atoms with Crippen molar-refractivity contribution < 1.29 is 22.8 Å². The van der Waals surface area contributed by atoms with E-state index in [-0.39, 0.29) is 17.0 Å². The Kier molecular flexibility index (Phi) is 7.01. The fourth-order valence-corrected chi connectivity index (χ4v) is 5.82. The number of amides is 2. The molecule has 36 heavy (non-hydrogen) atoms. The van der Waals surface area contributed by atoms with Gasteiger partial charge in [0.25, 0.3) is 11.8 Å². The number of rotatable bonds is 4. The lowest BCUT2D eigenvalue weighted by atomic mass is 9.72. The van der Waals surface area contributed by atoms with Gasteiger partial charge in [-0.2, -0.15) is 13.2 Å². The fourth-order valence-electron chi connectivity index (χ4n) is 4.50. The van der Waals surface area contributed by atoms with Crippen LogP contribution in [0, 0.1) is 18.3 Å². The number of anilines is 2. The van der Waals surface area contributed by atoms with Crippen LogP contribution in [0.5, 0.6) is 0 Å². The van der Waals surface area contributed by atoms with Crippen molar-refractivity contribution in [1.29, 1.82) is 0 Å². The van der Waals surface area contributed by atoms with Crippen molar-refractivity contribution in [3.05, 3.63) is 81.2 Å². The van der Waals surface area contributed by atoms with Crippen LogP contribution in [0.4, 0.5) is 23.9 Å². The van der Waals surface area contributed by atoms with Crippen LogP contribution in [0.3, 0.4) is 0 Å². The van der Waals surface area contributed by atoms with Crippen molar-refractivity contribution >= 4 is 33.8 Å². The first kappa shape index (κ1) is 25.9. The van der Waals surface area contributed by atoms with Gasteiger partial charge in [-0.05, 0) is 73.4 Å². The zero-order valence-electron chi connectivity index (χ0n) is 20.7. The minimum atomic E-state index is -4.52. The summed E-state index contributed by atoms with van der Waals surface area (Å²) < 4.78 is 39.5. The van der Waals surface area contributed by atoms with E-state index in [2.05, 4.69) is 31.4 Å². The van der Waals surface area contributed by atoms with E-state index < -0.39 is 17.6 Å². The van der Waals surface area contributed by atoms with Crippen molar-refractivity contribution in [3.63, 3.8) is 0 Å². The number of benzene rings is 2. The molecule has 2 amide bonds. The molecule has 1 aliphatic rings. The summed E-state index contributed by atoms with van der Waals surface area (Å²) >= 11 is 1.38. The Labute approximate surface area is 212 Å². The van der Waals surface area contributed by atoms with E-state index in [9.17, 15) is 22.8 Å².